The smallest absolute Gasteiger partial charge is 0.195 e. The van der Waals surface area contributed by atoms with Gasteiger partial charge < -0.3 is 9.84 Å². The number of carbonyl (C=O) groups excluding carboxylic acids is 1. The van der Waals surface area contributed by atoms with E-state index >= 15 is 0 Å². The number of halogens is 2. The van der Waals surface area contributed by atoms with Crippen molar-refractivity contribution >= 4 is 5.78 Å². The predicted molar refractivity (Wildman–Crippen MR) is 93.7 cm³/mol. The van der Waals surface area contributed by atoms with Crippen LogP contribution in [0, 0.1) is 23.5 Å². The summed E-state index contributed by atoms with van der Waals surface area (Å²) in [5.41, 5.74) is 0.345. The first-order valence-corrected chi connectivity index (χ1v) is 9.00. The van der Waals surface area contributed by atoms with Crippen molar-refractivity contribution < 1.29 is 23.4 Å². The topological polar surface area (TPSA) is 62.7 Å². The minimum absolute atomic E-state index is 0.0332. The highest BCUT2D eigenvalue weighted by Gasteiger charge is 2.42. The Morgan fingerprint density at radius 2 is 1.93 bits per heavy atom. The summed E-state index contributed by atoms with van der Waals surface area (Å²) in [7, 11) is 0. The van der Waals surface area contributed by atoms with Crippen LogP contribution in [0.2, 0.25) is 0 Å². The first kappa shape index (κ1) is 17.9. The van der Waals surface area contributed by atoms with E-state index in [0.717, 1.165) is 32.0 Å². The summed E-state index contributed by atoms with van der Waals surface area (Å²) in [6.07, 6.45) is 2.77. The fourth-order valence-electron chi connectivity index (χ4n) is 4.15. The number of rotatable bonds is 5. The van der Waals surface area contributed by atoms with Crippen LogP contribution in [-0.2, 0) is 0 Å². The summed E-state index contributed by atoms with van der Waals surface area (Å²) >= 11 is 0. The summed E-state index contributed by atoms with van der Waals surface area (Å²) < 4.78 is 32.5. The molecule has 5 nitrogen and oxygen atoms in total. The zero-order valence-electron chi connectivity index (χ0n) is 14.6. The Morgan fingerprint density at radius 3 is 2.56 bits per heavy atom. The van der Waals surface area contributed by atoms with Gasteiger partial charge in [-0.05, 0) is 48.9 Å². The molecule has 2 aromatic rings. The van der Waals surface area contributed by atoms with Crippen LogP contribution in [0.15, 0.2) is 36.5 Å². The molecule has 1 aromatic carbocycles. The van der Waals surface area contributed by atoms with Crippen molar-refractivity contribution in [3.8, 4) is 11.5 Å². The molecule has 1 aliphatic heterocycles. The van der Waals surface area contributed by atoms with Crippen molar-refractivity contribution in [3.63, 3.8) is 0 Å². The van der Waals surface area contributed by atoms with Crippen molar-refractivity contribution in [1.82, 2.24) is 9.88 Å². The second-order valence-corrected chi connectivity index (χ2v) is 7.33. The van der Waals surface area contributed by atoms with E-state index in [4.69, 9.17) is 4.74 Å². The van der Waals surface area contributed by atoms with Gasteiger partial charge in [-0.2, -0.15) is 0 Å². The first-order valence-electron chi connectivity index (χ1n) is 9.00. The van der Waals surface area contributed by atoms with E-state index in [0.29, 0.717) is 24.1 Å². The van der Waals surface area contributed by atoms with Gasteiger partial charge in [-0.3, -0.25) is 9.69 Å². The summed E-state index contributed by atoms with van der Waals surface area (Å²) in [5, 5.41) is 9.25. The summed E-state index contributed by atoms with van der Waals surface area (Å²) in [6, 6.07) is 6.33. The number of fused-ring (bicyclic) bond motifs is 1. The third-order valence-corrected chi connectivity index (χ3v) is 5.37. The molecular formula is C20H20F2N2O3. The van der Waals surface area contributed by atoms with Crippen LogP contribution in [0.1, 0.15) is 23.3 Å². The van der Waals surface area contributed by atoms with Crippen molar-refractivity contribution in [2.75, 3.05) is 19.6 Å². The summed E-state index contributed by atoms with van der Waals surface area (Å²) in [4.78, 5) is 18.4. The molecular weight excluding hydrogens is 354 g/mol. The monoisotopic (exact) mass is 374 g/mol. The molecule has 142 valence electrons. The molecule has 27 heavy (non-hydrogen) atoms. The van der Waals surface area contributed by atoms with Crippen LogP contribution in [0.5, 0.6) is 11.5 Å². The highest BCUT2D eigenvalue weighted by atomic mass is 19.1. The standard InChI is InChI=1S/C20H20F2N2O3/c21-14-1-4-20(17(22)7-14)27-16-5-12-9-24(10-13(12)6-16)11-19(26)18-3-2-15(25)8-23-18/h1-4,7-8,12-13,16,25H,5-6,9-11H2. The van der Waals surface area contributed by atoms with Gasteiger partial charge in [-0.25, -0.2) is 13.8 Å². The minimum Gasteiger partial charge on any atom is -0.506 e. The lowest BCUT2D eigenvalue weighted by Gasteiger charge is -2.19. The number of aromatic hydroxyl groups is 1. The third-order valence-electron chi connectivity index (χ3n) is 5.37. The quantitative estimate of drug-likeness (QED) is 0.815. The number of aromatic nitrogens is 1. The molecule has 2 unspecified atom stereocenters. The van der Waals surface area contributed by atoms with E-state index in [-0.39, 0.29) is 23.4 Å². The lowest BCUT2D eigenvalue weighted by Crippen LogP contribution is -2.30. The molecule has 4 rings (SSSR count). The van der Waals surface area contributed by atoms with E-state index in [2.05, 4.69) is 9.88 Å². The van der Waals surface area contributed by atoms with Crippen molar-refractivity contribution in [1.29, 1.82) is 0 Å². The minimum atomic E-state index is -0.680. The van der Waals surface area contributed by atoms with Gasteiger partial charge in [0.1, 0.15) is 17.3 Å². The molecule has 1 saturated heterocycles. The van der Waals surface area contributed by atoms with Crippen molar-refractivity contribution in [2.45, 2.75) is 18.9 Å². The average molecular weight is 374 g/mol. The lowest BCUT2D eigenvalue weighted by molar-refractivity contribution is 0.0931. The van der Waals surface area contributed by atoms with E-state index in [1.165, 1.54) is 30.5 Å². The molecule has 1 N–H and O–H groups in total. The zero-order valence-corrected chi connectivity index (χ0v) is 14.6. The number of Topliss-reactive ketones (excluding diaryl/α,β-unsaturated/α-hetero) is 1. The number of hydrogen-bond donors (Lipinski definition) is 1. The molecule has 2 atom stereocenters. The molecule has 1 aromatic heterocycles. The SMILES string of the molecule is O=C(CN1CC2CC(Oc3ccc(F)cc3F)CC2C1)c1ccc(O)cn1. The predicted octanol–water partition coefficient (Wildman–Crippen LogP) is 3.04. The summed E-state index contributed by atoms with van der Waals surface area (Å²) in [6.45, 7) is 1.88. The lowest BCUT2D eigenvalue weighted by atomic mass is 10.0. The van der Waals surface area contributed by atoms with E-state index in [1.54, 1.807) is 0 Å². The molecule has 7 heteroatoms. The highest BCUT2D eigenvalue weighted by Crippen LogP contribution is 2.40. The Balaban J connectivity index is 1.30. The maximum atomic E-state index is 13.8. The number of ether oxygens (including phenoxy) is 1. The Hall–Kier alpha value is -2.54. The molecule has 0 spiro atoms. The summed E-state index contributed by atoms with van der Waals surface area (Å²) in [5.74, 6) is -0.445. The van der Waals surface area contributed by atoms with E-state index in [1.807, 2.05) is 0 Å². The van der Waals surface area contributed by atoms with Gasteiger partial charge in [0, 0.05) is 19.2 Å². The number of ketones is 1. The molecule has 0 radical (unpaired) electrons. The Kier molecular flexibility index (Phi) is 4.78. The Bertz CT molecular complexity index is 830. The Labute approximate surface area is 155 Å². The van der Waals surface area contributed by atoms with Gasteiger partial charge >= 0.3 is 0 Å². The van der Waals surface area contributed by atoms with E-state index in [9.17, 15) is 18.7 Å². The van der Waals surface area contributed by atoms with Gasteiger partial charge in [-0.1, -0.05) is 0 Å². The number of likely N-dealkylation sites (tertiary alicyclic amines) is 1. The zero-order chi connectivity index (χ0) is 19.0. The van der Waals surface area contributed by atoms with Crippen molar-refractivity contribution in [2.24, 2.45) is 11.8 Å². The van der Waals surface area contributed by atoms with Gasteiger partial charge in [0.05, 0.1) is 18.8 Å². The molecule has 2 heterocycles. The maximum Gasteiger partial charge on any atom is 0.195 e. The number of carbonyl (C=O) groups is 1. The van der Waals surface area contributed by atoms with Crippen molar-refractivity contribution in [3.05, 3.63) is 53.9 Å². The number of pyridine rings is 1. The fraction of sp³-hybridized carbons (Fsp3) is 0.400. The van der Waals surface area contributed by atoms with Crippen LogP contribution in [0.25, 0.3) is 0 Å². The van der Waals surface area contributed by atoms with Gasteiger partial charge in [-0.15, -0.1) is 0 Å². The Morgan fingerprint density at radius 1 is 1.19 bits per heavy atom. The molecule has 1 aliphatic carbocycles. The second kappa shape index (κ2) is 7.23. The highest BCUT2D eigenvalue weighted by molar-refractivity contribution is 5.95. The molecule has 1 saturated carbocycles. The largest absolute Gasteiger partial charge is 0.506 e. The number of benzene rings is 1. The van der Waals surface area contributed by atoms with Gasteiger partial charge in [0.2, 0.25) is 0 Å². The van der Waals surface area contributed by atoms with Gasteiger partial charge in [0.15, 0.2) is 17.3 Å². The van der Waals surface area contributed by atoms with Crippen LogP contribution in [0.4, 0.5) is 8.78 Å². The van der Waals surface area contributed by atoms with E-state index < -0.39 is 11.6 Å². The molecule has 0 bridgehead atoms. The van der Waals surface area contributed by atoms with Crippen LogP contribution >= 0.6 is 0 Å². The van der Waals surface area contributed by atoms with Gasteiger partial charge in [0.25, 0.3) is 0 Å². The van der Waals surface area contributed by atoms with Crippen LogP contribution in [-0.4, -0.2) is 46.5 Å². The normalized spacial score (nSPS) is 24.7. The number of hydrogen-bond acceptors (Lipinski definition) is 5. The fourth-order valence-corrected chi connectivity index (χ4v) is 4.15. The second-order valence-electron chi connectivity index (χ2n) is 7.33. The number of nitrogens with zero attached hydrogens (tertiary/aromatic N) is 2. The maximum absolute atomic E-state index is 13.8. The van der Waals surface area contributed by atoms with Crippen LogP contribution in [0.3, 0.4) is 0 Å². The molecule has 2 aliphatic rings. The molecule has 2 fully saturated rings. The average Bonchev–Trinajstić information content (AvgIpc) is 3.15. The van der Waals surface area contributed by atoms with Crippen LogP contribution < -0.4 is 4.74 Å². The third kappa shape index (κ3) is 3.93. The molecule has 0 amide bonds. The first-order chi connectivity index (χ1) is 13.0.